The number of ether oxygens (including phenoxy) is 1. The van der Waals surface area contributed by atoms with Crippen LogP contribution in [0, 0.1) is 0 Å². The molecule has 0 unspecified atom stereocenters. The second-order valence-corrected chi connectivity index (χ2v) is 4.55. The number of nitrogens with zero attached hydrogens (tertiary/aromatic N) is 1. The highest BCUT2D eigenvalue weighted by Gasteiger charge is 2.05. The van der Waals surface area contributed by atoms with Crippen LogP contribution in [0.15, 0.2) is 42.6 Å². The van der Waals surface area contributed by atoms with Gasteiger partial charge in [-0.25, -0.2) is 4.98 Å². The first-order valence-corrected chi connectivity index (χ1v) is 6.74. The fraction of sp³-hybridized carbons (Fsp3) is 0.267. The highest BCUT2D eigenvalue weighted by Crippen LogP contribution is 2.23. The molecule has 3 nitrogen and oxygen atoms in total. The van der Waals surface area contributed by atoms with E-state index in [0.29, 0.717) is 13.2 Å². The topological polar surface area (TPSA) is 34.1 Å². The third kappa shape index (κ3) is 3.86. The Kier molecular flexibility index (Phi) is 5.04. The summed E-state index contributed by atoms with van der Waals surface area (Å²) >= 11 is 6.12. The molecular weight excluding hydrogens is 260 g/mol. The first kappa shape index (κ1) is 13.7. The van der Waals surface area contributed by atoms with E-state index in [2.05, 4.69) is 17.2 Å². The van der Waals surface area contributed by atoms with Crippen molar-refractivity contribution in [1.82, 2.24) is 4.98 Å². The van der Waals surface area contributed by atoms with E-state index in [-0.39, 0.29) is 0 Å². The molecule has 1 aromatic carbocycles. The van der Waals surface area contributed by atoms with Gasteiger partial charge in [-0.15, -0.1) is 0 Å². The van der Waals surface area contributed by atoms with Gasteiger partial charge in [0.15, 0.2) is 11.6 Å². The van der Waals surface area contributed by atoms with E-state index < -0.39 is 0 Å². The minimum atomic E-state index is 0.624. The molecule has 0 aliphatic heterocycles. The zero-order chi connectivity index (χ0) is 13.5. The van der Waals surface area contributed by atoms with Crippen molar-refractivity contribution in [2.24, 2.45) is 0 Å². The quantitative estimate of drug-likeness (QED) is 0.861. The van der Waals surface area contributed by atoms with Crippen LogP contribution in [0.5, 0.6) is 5.75 Å². The summed E-state index contributed by atoms with van der Waals surface area (Å²) in [6, 6.07) is 11.5. The smallest absolute Gasteiger partial charge is 0.169 e. The van der Waals surface area contributed by atoms with E-state index in [4.69, 9.17) is 16.3 Å². The number of hydrogen-bond donors (Lipinski definition) is 1. The highest BCUT2D eigenvalue weighted by atomic mass is 35.5. The predicted octanol–water partition coefficient (Wildman–Crippen LogP) is 4.14. The molecular formula is C15H17ClN2O. The van der Waals surface area contributed by atoms with E-state index in [0.717, 1.165) is 28.6 Å². The maximum atomic E-state index is 6.12. The van der Waals surface area contributed by atoms with Crippen molar-refractivity contribution in [3.8, 4) is 5.75 Å². The number of rotatable bonds is 6. The van der Waals surface area contributed by atoms with Gasteiger partial charge in [-0.2, -0.15) is 0 Å². The summed E-state index contributed by atoms with van der Waals surface area (Å²) in [5.41, 5.74) is 1.04. The molecule has 1 aromatic heterocycles. The minimum absolute atomic E-state index is 0.624. The molecule has 1 N–H and O–H groups in total. The molecule has 2 aromatic rings. The van der Waals surface area contributed by atoms with Gasteiger partial charge in [0.1, 0.15) is 0 Å². The number of pyridine rings is 1. The van der Waals surface area contributed by atoms with Crippen LogP contribution in [0.1, 0.15) is 18.9 Å². The third-order valence-electron chi connectivity index (χ3n) is 2.64. The Morgan fingerprint density at radius 2 is 2.05 bits per heavy atom. The Bertz CT molecular complexity index is 531. The van der Waals surface area contributed by atoms with E-state index in [1.54, 1.807) is 6.20 Å². The number of anilines is 1. The number of nitrogens with one attached hydrogen (secondary N) is 1. The van der Waals surface area contributed by atoms with E-state index >= 15 is 0 Å². The van der Waals surface area contributed by atoms with E-state index in [1.165, 1.54) is 0 Å². The second kappa shape index (κ2) is 7.00. The maximum absolute atomic E-state index is 6.12. The van der Waals surface area contributed by atoms with Gasteiger partial charge in [-0.05, 0) is 30.2 Å². The lowest BCUT2D eigenvalue weighted by Gasteiger charge is -2.12. The molecule has 0 aliphatic carbocycles. The molecule has 0 spiro atoms. The first-order chi connectivity index (χ1) is 9.31. The molecule has 19 heavy (non-hydrogen) atoms. The summed E-state index contributed by atoms with van der Waals surface area (Å²) in [6.07, 6.45) is 2.71. The molecule has 0 bridgehead atoms. The average Bonchev–Trinajstić information content (AvgIpc) is 2.45. The van der Waals surface area contributed by atoms with Crippen molar-refractivity contribution in [3.05, 3.63) is 53.2 Å². The summed E-state index contributed by atoms with van der Waals surface area (Å²) in [5, 5.41) is 4.01. The summed E-state index contributed by atoms with van der Waals surface area (Å²) in [5.74, 6) is 1.52. The number of aromatic nitrogens is 1. The predicted molar refractivity (Wildman–Crippen MR) is 78.8 cm³/mol. The molecule has 0 saturated carbocycles. The number of hydrogen-bond acceptors (Lipinski definition) is 3. The van der Waals surface area contributed by atoms with Crippen LogP contribution in [0.3, 0.4) is 0 Å². The molecule has 0 saturated heterocycles. The lowest BCUT2D eigenvalue weighted by atomic mass is 10.2. The lowest BCUT2D eigenvalue weighted by Crippen LogP contribution is -2.05. The fourth-order valence-electron chi connectivity index (χ4n) is 1.67. The molecule has 2 rings (SSSR count). The van der Waals surface area contributed by atoms with E-state index in [1.807, 2.05) is 36.4 Å². The van der Waals surface area contributed by atoms with E-state index in [9.17, 15) is 0 Å². The van der Waals surface area contributed by atoms with Crippen LogP contribution in [0.25, 0.3) is 0 Å². The van der Waals surface area contributed by atoms with Crippen LogP contribution >= 0.6 is 11.6 Å². The Labute approximate surface area is 118 Å². The normalized spacial score (nSPS) is 10.2. The van der Waals surface area contributed by atoms with Gasteiger partial charge in [0.25, 0.3) is 0 Å². The number of halogens is 1. The van der Waals surface area contributed by atoms with Crippen LogP contribution in [-0.4, -0.2) is 11.6 Å². The molecule has 0 fully saturated rings. The van der Waals surface area contributed by atoms with Crippen LogP contribution in [0.2, 0.25) is 5.02 Å². The molecule has 100 valence electrons. The number of benzene rings is 1. The monoisotopic (exact) mass is 276 g/mol. The van der Waals surface area contributed by atoms with Gasteiger partial charge >= 0.3 is 0 Å². The first-order valence-electron chi connectivity index (χ1n) is 6.36. The third-order valence-corrected chi connectivity index (χ3v) is 3.01. The van der Waals surface area contributed by atoms with Crippen molar-refractivity contribution < 1.29 is 4.74 Å². The molecule has 0 radical (unpaired) electrons. The van der Waals surface area contributed by atoms with Crippen molar-refractivity contribution in [3.63, 3.8) is 0 Å². The molecule has 0 amide bonds. The zero-order valence-corrected chi connectivity index (χ0v) is 11.7. The summed E-state index contributed by atoms with van der Waals surface area (Å²) in [6.45, 7) is 3.39. The van der Waals surface area contributed by atoms with Crippen LogP contribution in [0.4, 0.5) is 5.82 Å². The minimum Gasteiger partial charge on any atom is -0.490 e. The molecule has 1 heterocycles. The largest absolute Gasteiger partial charge is 0.490 e. The SMILES string of the molecule is CCCOc1cccnc1NCc1ccccc1Cl. The Morgan fingerprint density at radius 3 is 2.84 bits per heavy atom. The second-order valence-electron chi connectivity index (χ2n) is 4.14. The molecule has 4 heteroatoms. The summed E-state index contributed by atoms with van der Waals surface area (Å²) < 4.78 is 5.65. The van der Waals surface area contributed by atoms with Crippen molar-refractivity contribution in [2.45, 2.75) is 19.9 Å². The van der Waals surface area contributed by atoms with Crippen LogP contribution < -0.4 is 10.1 Å². The molecule has 0 aliphatic rings. The van der Waals surface area contributed by atoms with Gasteiger partial charge in [-0.1, -0.05) is 36.7 Å². The Morgan fingerprint density at radius 1 is 1.21 bits per heavy atom. The van der Waals surface area contributed by atoms with Crippen LogP contribution in [-0.2, 0) is 6.54 Å². The Hall–Kier alpha value is -1.74. The van der Waals surface area contributed by atoms with Crippen molar-refractivity contribution in [2.75, 3.05) is 11.9 Å². The van der Waals surface area contributed by atoms with Gasteiger partial charge in [0, 0.05) is 17.8 Å². The lowest BCUT2D eigenvalue weighted by molar-refractivity contribution is 0.318. The van der Waals surface area contributed by atoms with Gasteiger partial charge in [0.05, 0.1) is 6.61 Å². The van der Waals surface area contributed by atoms with Crippen molar-refractivity contribution in [1.29, 1.82) is 0 Å². The van der Waals surface area contributed by atoms with Gasteiger partial charge in [0.2, 0.25) is 0 Å². The summed E-state index contributed by atoms with van der Waals surface area (Å²) in [4.78, 5) is 4.30. The molecule has 0 atom stereocenters. The van der Waals surface area contributed by atoms with Gasteiger partial charge < -0.3 is 10.1 Å². The highest BCUT2D eigenvalue weighted by molar-refractivity contribution is 6.31. The van der Waals surface area contributed by atoms with Crippen molar-refractivity contribution >= 4 is 17.4 Å². The maximum Gasteiger partial charge on any atom is 0.169 e. The fourth-order valence-corrected chi connectivity index (χ4v) is 1.88. The standard InChI is InChI=1S/C15H17ClN2O/c1-2-10-19-14-8-5-9-17-15(14)18-11-12-6-3-4-7-13(12)16/h3-9H,2,10-11H2,1H3,(H,17,18). The van der Waals surface area contributed by atoms with Gasteiger partial charge in [-0.3, -0.25) is 0 Å². The summed E-state index contributed by atoms with van der Waals surface area (Å²) in [7, 11) is 0. The zero-order valence-electron chi connectivity index (χ0n) is 10.9. The average molecular weight is 277 g/mol. The Balaban J connectivity index is 2.05.